The molecule has 0 fully saturated rings. The first kappa shape index (κ1) is 15.5. The fourth-order valence-corrected chi connectivity index (χ4v) is 2.91. The van der Waals surface area contributed by atoms with Crippen molar-refractivity contribution in [1.82, 2.24) is 4.98 Å². The molecule has 0 radical (unpaired) electrons. The average Bonchev–Trinajstić information content (AvgIpc) is 2.75. The number of thiazole rings is 1. The molecule has 1 aromatic heterocycles. The van der Waals surface area contributed by atoms with Gasteiger partial charge < -0.3 is 10.0 Å². The topological polar surface area (TPSA) is 79.5 Å². The Labute approximate surface area is 122 Å². The van der Waals surface area contributed by atoms with E-state index in [0.717, 1.165) is 9.91 Å². The molecule has 1 heterocycles. The lowest BCUT2D eigenvalue weighted by Crippen LogP contribution is -2.32. The molecule has 0 unspecified atom stereocenters. The van der Waals surface area contributed by atoms with Gasteiger partial charge in [-0.15, -0.1) is 11.3 Å². The molecule has 9 heteroatoms. The molecule has 0 aliphatic heterocycles. The molecule has 0 bridgehead atoms. The number of nitro benzene ring substituents is 1. The summed E-state index contributed by atoms with van der Waals surface area (Å²) in [6.07, 6.45) is -2.66. The summed E-state index contributed by atoms with van der Waals surface area (Å²) < 4.78 is 25.9. The highest BCUT2D eigenvalue weighted by Crippen LogP contribution is 2.35. The van der Waals surface area contributed by atoms with Gasteiger partial charge in [-0.05, 0) is 13.0 Å². The van der Waals surface area contributed by atoms with Gasteiger partial charge in [-0.1, -0.05) is 0 Å². The van der Waals surface area contributed by atoms with Crippen molar-refractivity contribution in [2.75, 3.05) is 24.6 Å². The van der Waals surface area contributed by atoms with Crippen molar-refractivity contribution in [3.05, 3.63) is 27.3 Å². The lowest BCUT2D eigenvalue weighted by Gasteiger charge is -2.23. The second kappa shape index (κ2) is 6.27. The van der Waals surface area contributed by atoms with Crippen LogP contribution in [0.5, 0.6) is 0 Å². The van der Waals surface area contributed by atoms with Gasteiger partial charge in [-0.2, -0.15) is 0 Å². The van der Waals surface area contributed by atoms with E-state index >= 15 is 0 Å². The third kappa shape index (κ3) is 3.42. The summed E-state index contributed by atoms with van der Waals surface area (Å²) in [5.41, 5.74) is 0.308. The van der Waals surface area contributed by atoms with Crippen LogP contribution < -0.4 is 4.90 Å². The highest BCUT2D eigenvalue weighted by Gasteiger charge is 2.23. The molecule has 114 valence electrons. The second-order valence-corrected chi connectivity index (χ2v) is 5.59. The third-order valence-corrected chi connectivity index (χ3v) is 3.79. The van der Waals surface area contributed by atoms with Crippen LogP contribution in [0.2, 0.25) is 0 Å². The Balaban J connectivity index is 2.56. The molecule has 0 spiro atoms. The number of fused-ring (bicyclic) bond motifs is 1. The minimum atomic E-state index is -2.66. The van der Waals surface area contributed by atoms with E-state index in [0.29, 0.717) is 10.2 Å². The van der Waals surface area contributed by atoms with E-state index in [1.807, 2.05) is 0 Å². The number of nitrogens with zero attached hydrogens (tertiary/aromatic N) is 3. The maximum absolute atomic E-state index is 12.6. The SMILES string of the molecule is Cc1nc2cc(N(CCO)CC(F)F)c([N+](=O)[O-])cc2s1. The zero-order valence-electron chi connectivity index (χ0n) is 11.1. The van der Waals surface area contributed by atoms with Crippen molar-refractivity contribution >= 4 is 32.9 Å². The highest BCUT2D eigenvalue weighted by atomic mass is 32.1. The van der Waals surface area contributed by atoms with Crippen LogP contribution in [0.25, 0.3) is 10.2 Å². The Hall–Kier alpha value is -1.87. The van der Waals surface area contributed by atoms with Gasteiger partial charge in [0.15, 0.2) is 0 Å². The van der Waals surface area contributed by atoms with E-state index in [2.05, 4.69) is 4.98 Å². The van der Waals surface area contributed by atoms with Crippen LogP contribution in [0.15, 0.2) is 12.1 Å². The molecule has 0 saturated carbocycles. The number of rotatable bonds is 6. The van der Waals surface area contributed by atoms with Gasteiger partial charge in [0.1, 0.15) is 5.69 Å². The number of aromatic nitrogens is 1. The first-order valence-electron chi connectivity index (χ1n) is 6.12. The number of aliphatic hydroxyl groups is 1. The van der Waals surface area contributed by atoms with Crippen molar-refractivity contribution in [2.45, 2.75) is 13.3 Å². The standard InChI is InChI=1S/C12H13F2N3O3S/c1-7-15-8-4-9(16(2-3-18)6-12(13)14)10(17(19)20)5-11(8)21-7/h4-5,12,18H,2-3,6H2,1H3. The zero-order chi connectivity index (χ0) is 15.6. The van der Waals surface area contributed by atoms with Crippen molar-refractivity contribution in [3.8, 4) is 0 Å². The fraction of sp³-hybridized carbons (Fsp3) is 0.417. The molecule has 1 aromatic carbocycles. The summed E-state index contributed by atoms with van der Waals surface area (Å²) in [7, 11) is 0. The molecule has 2 rings (SSSR count). The second-order valence-electron chi connectivity index (χ2n) is 4.36. The number of hydrogen-bond donors (Lipinski definition) is 1. The number of halogens is 2. The number of alkyl halides is 2. The summed E-state index contributed by atoms with van der Waals surface area (Å²) in [4.78, 5) is 15.9. The molecule has 0 aliphatic rings. The predicted octanol–water partition coefficient (Wildman–Crippen LogP) is 2.58. The van der Waals surface area contributed by atoms with Crippen LogP contribution in [0.1, 0.15) is 5.01 Å². The van der Waals surface area contributed by atoms with E-state index in [1.165, 1.54) is 23.5 Å². The Morgan fingerprint density at radius 2 is 2.24 bits per heavy atom. The van der Waals surface area contributed by atoms with Gasteiger partial charge in [0, 0.05) is 12.6 Å². The summed E-state index contributed by atoms with van der Waals surface area (Å²) in [5, 5.41) is 20.9. The maximum atomic E-state index is 12.6. The lowest BCUT2D eigenvalue weighted by atomic mass is 10.2. The average molecular weight is 317 g/mol. The molecule has 6 nitrogen and oxygen atoms in total. The minimum Gasteiger partial charge on any atom is -0.395 e. The van der Waals surface area contributed by atoms with E-state index in [-0.39, 0.29) is 24.5 Å². The largest absolute Gasteiger partial charge is 0.395 e. The number of anilines is 1. The highest BCUT2D eigenvalue weighted by molar-refractivity contribution is 7.18. The molecular formula is C12H13F2N3O3S. The van der Waals surface area contributed by atoms with Gasteiger partial charge in [-0.25, -0.2) is 13.8 Å². The Morgan fingerprint density at radius 1 is 1.52 bits per heavy atom. The first-order valence-corrected chi connectivity index (χ1v) is 6.93. The molecule has 0 atom stereocenters. The summed E-state index contributed by atoms with van der Waals surface area (Å²) in [6, 6.07) is 2.76. The zero-order valence-corrected chi connectivity index (χ0v) is 11.9. The van der Waals surface area contributed by atoms with E-state index in [1.54, 1.807) is 6.92 Å². The first-order chi connectivity index (χ1) is 9.92. The van der Waals surface area contributed by atoms with E-state index in [9.17, 15) is 18.9 Å². The molecule has 0 amide bonds. The number of benzene rings is 1. The number of aryl methyl sites for hydroxylation is 1. The monoisotopic (exact) mass is 317 g/mol. The van der Waals surface area contributed by atoms with Gasteiger partial charge in [0.25, 0.3) is 12.1 Å². The lowest BCUT2D eigenvalue weighted by molar-refractivity contribution is -0.384. The van der Waals surface area contributed by atoms with Gasteiger partial charge >= 0.3 is 0 Å². The Morgan fingerprint density at radius 3 is 2.81 bits per heavy atom. The summed E-state index contributed by atoms with van der Waals surface area (Å²) in [6.45, 7) is 0.592. The van der Waals surface area contributed by atoms with E-state index < -0.39 is 17.9 Å². The normalized spacial score (nSPS) is 11.3. The smallest absolute Gasteiger partial charge is 0.294 e. The van der Waals surface area contributed by atoms with E-state index in [4.69, 9.17) is 5.11 Å². The van der Waals surface area contributed by atoms with Crippen LogP contribution in [-0.2, 0) is 0 Å². The fourth-order valence-electron chi connectivity index (χ4n) is 2.06. The minimum absolute atomic E-state index is 0.0483. The molecule has 0 saturated heterocycles. The van der Waals surface area contributed by atoms with Gasteiger partial charge in [0.2, 0.25) is 0 Å². The molecule has 21 heavy (non-hydrogen) atoms. The molecule has 0 aliphatic carbocycles. The van der Waals surface area contributed by atoms with Crippen LogP contribution >= 0.6 is 11.3 Å². The molecule has 2 aromatic rings. The van der Waals surface area contributed by atoms with Crippen LogP contribution in [-0.4, -0.2) is 41.1 Å². The Bertz CT molecular complexity index is 662. The predicted molar refractivity (Wildman–Crippen MR) is 76.3 cm³/mol. The van der Waals surface area contributed by atoms with Crippen LogP contribution in [0.3, 0.4) is 0 Å². The van der Waals surface area contributed by atoms with Crippen molar-refractivity contribution in [2.24, 2.45) is 0 Å². The molecule has 1 N–H and O–H groups in total. The quantitative estimate of drug-likeness (QED) is 0.654. The Kier molecular flexibility index (Phi) is 4.63. The van der Waals surface area contributed by atoms with Crippen molar-refractivity contribution < 1.29 is 18.8 Å². The van der Waals surface area contributed by atoms with Crippen molar-refractivity contribution in [3.63, 3.8) is 0 Å². The number of hydrogen-bond acceptors (Lipinski definition) is 6. The van der Waals surface area contributed by atoms with Crippen LogP contribution in [0, 0.1) is 17.0 Å². The summed E-state index contributed by atoms with van der Waals surface area (Å²) >= 11 is 1.30. The van der Waals surface area contributed by atoms with Gasteiger partial charge in [-0.3, -0.25) is 10.1 Å². The number of aliphatic hydroxyl groups excluding tert-OH is 1. The third-order valence-electron chi connectivity index (χ3n) is 2.86. The van der Waals surface area contributed by atoms with Gasteiger partial charge in [0.05, 0.1) is 33.3 Å². The molecular weight excluding hydrogens is 304 g/mol. The van der Waals surface area contributed by atoms with Crippen molar-refractivity contribution in [1.29, 1.82) is 0 Å². The van der Waals surface area contributed by atoms with Crippen LogP contribution in [0.4, 0.5) is 20.2 Å². The number of nitro groups is 1. The summed E-state index contributed by atoms with van der Waals surface area (Å²) in [5.74, 6) is 0. The maximum Gasteiger partial charge on any atom is 0.294 e.